The number of carbonyl (C=O) groups is 1. The van der Waals surface area contributed by atoms with Gasteiger partial charge in [0, 0.05) is 6.54 Å². The minimum atomic E-state index is -0.202. The number of ether oxygens (including phenoxy) is 1. The Labute approximate surface area is 155 Å². The predicted octanol–water partition coefficient (Wildman–Crippen LogP) is 3.53. The zero-order valence-corrected chi connectivity index (χ0v) is 15.6. The minimum Gasteiger partial charge on any atom is -0.496 e. The fourth-order valence-electron chi connectivity index (χ4n) is 2.46. The summed E-state index contributed by atoms with van der Waals surface area (Å²) in [5.74, 6) is 1.12. The van der Waals surface area contributed by atoms with E-state index in [4.69, 9.17) is 9.57 Å². The summed E-state index contributed by atoms with van der Waals surface area (Å²) in [7, 11) is 1.64. The Hall–Kier alpha value is -2.82. The summed E-state index contributed by atoms with van der Waals surface area (Å²) in [5, 5.41) is 6.65. The van der Waals surface area contributed by atoms with Gasteiger partial charge in [0.15, 0.2) is 6.61 Å². The van der Waals surface area contributed by atoms with Crippen LogP contribution in [0.3, 0.4) is 0 Å². The van der Waals surface area contributed by atoms with Crippen molar-refractivity contribution in [2.45, 2.75) is 26.2 Å². The fraction of sp³-hybridized carbons (Fsp3) is 0.333. The molecule has 0 atom stereocenters. The van der Waals surface area contributed by atoms with Gasteiger partial charge in [-0.05, 0) is 35.1 Å². The molecule has 0 aliphatic carbocycles. The van der Waals surface area contributed by atoms with Crippen molar-refractivity contribution < 1.29 is 14.4 Å². The topological polar surface area (TPSA) is 59.9 Å². The molecule has 0 unspecified atom stereocenters. The van der Waals surface area contributed by atoms with E-state index in [0.29, 0.717) is 18.9 Å². The first-order valence-electron chi connectivity index (χ1n) is 8.74. The summed E-state index contributed by atoms with van der Waals surface area (Å²) in [6, 6.07) is 15.9. The largest absolute Gasteiger partial charge is 0.496 e. The predicted molar refractivity (Wildman–Crippen MR) is 104 cm³/mol. The Balaban J connectivity index is 1.68. The van der Waals surface area contributed by atoms with E-state index in [1.807, 2.05) is 36.4 Å². The maximum Gasteiger partial charge on any atom is 0.260 e. The first-order chi connectivity index (χ1) is 12.6. The van der Waals surface area contributed by atoms with Crippen LogP contribution >= 0.6 is 0 Å². The molecule has 0 saturated heterocycles. The molecule has 138 valence electrons. The number of para-hydroxylation sites is 1. The van der Waals surface area contributed by atoms with Crippen molar-refractivity contribution in [2.75, 3.05) is 20.3 Å². The van der Waals surface area contributed by atoms with Crippen molar-refractivity contribution in [1.82, 2.24) is 5.32 Å². The molecule has 5 heteroatoms. The molecular formula is C21H26N2O3. The summed E-state index contributed by atoms with van der Waals surface area (Å²) in [4.78, 5) is 16.8. The standard InChI is InChI=1S/C21H26N2O3/c1-16(2)18-10-8-17(9-11-18)14-23-26-15-21(24)22-13-12-19-6-4-5-7-20(19)25-3/h4-11,14,16H,12-13,15H2,1-3H3,(H,22,24)/b23-14+. The van der Waals surface area contributed by atoms with E-state index in [-0.39, 0.29) is 12.5 Å². The lowest BCUT2D eigenvalue weighted by Crippen LogP contribution is -2.29. The first-order valence-corrected chi connectivity index (χ1v) is 8.74. The van der Waals surface area contributed by atoms with E-state index < -0.39 is 0 Å². The summed E-state index contributed by atoms with van der Waals surface area (Å²) >= 11 is 0. The number of carbonyl (C=O) groups excluding carboxylic acids is 1. The molecule has 0 spiro atoms. The molecule has 0 heterocycles. The van der Waals surface area contributed by atoms with Crippen LogP contribution in [0.2, 0.25) is 0 Å². The highest BCUT2D eigenvalue weighted by atomic mass is 16.6. The first kappa shape index (κ1) is 19.5. The summed E-state index contributed by atoms with van der Waals surface area (Å²) in [6.07, 6.45) is 2.30. The second-order valence-electron chi connectivity index (χ2n) is 6.24. The number of hydrogen-bond acceptors (Lipinski definition) is 4. The van der Waals surface area contributed by atoms with Crippen molar-refractivity contribution in [3.05, 3.63) is 65.2 Å². The number of rotatable bonds is 9. The van der Waals surface area contributed by atoms with E-state index in [0.717, 1.165) is 16.9 Å². The van der Waals surface area contributed by atoms with E-state index >= 15 is 0 Å². The monoisotopic (exact) mass is 354 g/mol. The molecule has 0 bridgehead atoms. The third-order valence-electron chi connectivity index (χ3n) is 3.98. The van der Waals surface area contributed by atoms with Gasteiger partial charge in [-0.1, -0.05) is 61.5 Å². The van der Waals surface area contributed by atoms with E-state index in [1.165, 1.54) is 5.56 Å². The van der Waals surface area contributed by atoms with Crippen LogP contribution in [0, 0.1) is 0 Å². The molecule has 5 nitrogen and oxygen atoms in total. The number of nitrogens with zero attached hydrogens (tertiary/aromatic N) is 1. The van der Waals surface area contributed by atoms with Crippen molar-refractivity contribution >= 4 is 12.1 Å². The van der Waals surface area contributed by atoms with Gasteiger partial charge < -0.3 is 14.9 Å². The van der Waals surface area contributed by atoms with E-state index in [2.05, 4.69) is 36.5 Å². The highest BCUT2D eigenvalue weighted by Gasteiger charge is 2.04. The minimum absolute atomic E-state index is 0.105. The van der Waals surface area contributed by atoms with Crippen molar-refractivity contribution in [2.24, 2.45) is 5.16 Å². The van der Waals surface area contributed by atoms with Gasteiger partial charge in [-0.3, -0.25) is 4.79 Å². The zero-order chi connectivity index (χ0) is 18.8. The highest BCUT2D eigenvalue weighted by Crippen LogP contribution is 2.17. The van der Waals surface area contributed by atoms with Gasteiger partial charge in [-0.15, -0.1) is 0 Å². The fourth-order valence-corrected chi connectivity index (χ4v) is 2.46. The average molecular weight is 354 g/mol. The van der Waals surface area contributed by atoms with E-state index in [9.17, 15) is 4.79 Å². The summed E-state index contributed by atoms with van der Waals surface area (Å²) in [6.45, 7) is 4.72. The molecule has 0 fully saturated rings. The van der Waals surface area contributed by atoms with Crippen molar-refractivity contribution in [1.29, 1.82) is 0 Å². The third-order valence-corrected chi connectivity index (χ3v) is 3.98. The average Bonchev–Trinajstić information content (AvgIpc) is 2.66. The molecule has 0 radical (unpaired) electrons. The van der Waals surface area contributed by atoms with Crippen LogP contribution in [0.4, 0.5) is 0 Å². The van der Waals surface area contributed by atoms with Crippen LogP contribution in [-0.2, 0) is 16.1 Å². The van der Waals surface area contributed by atoms with Crippen molar-refractivity contribution in [3.8, 4) is 5.75 Å². The number of amides is 1. The lowest BCUT2D eigenvalue weighted by atomic mass is 10.0. The molecule has 26 heavy (non-hydrogen) atoms. The Morgan fingerprint density at radius 1 is 1.15 bits per heavy atom. The molecule has 0 aliphatic heterocycles. The number of benzene rings is 2. The maximum atomic E-state index is 11.8. The normalized spacial score (nSPS) is 10.9. The second-order valence-corrected chi connectivity index (χ2v) is 6.24. The molecule has 1 amide bonds. The molecular weight excluding hydrogens is 328 g/mol. The quantitative estimate of drug-likeness (QED) is 0.554. The Morgan fingerprint density at radius 2 is 1.88 bits per heavy atom. The third kappa shape index (κ3) is 6.24. The molecule has 2 aromatic carbocycles. The maximum absolute atomic E-state index is 11.8. The van der Waals surface area contributed by atoms with E-state index in [1.54, 1.807) is 13.3 Å². The van der Waals surface area contributed by atoms with Crippen molar-refractivity contribution in [3.63, 3.8) is 0 Å². The number of hydrogen-bond donors (Lipinski definition) is 1. The zero-order valence-electron chi connectivity index (χ0n) is 15.6. The Kier molecular flexibility index (Phi) is 7.68. The number of methoxy groups -OCH3 is 1. The molecule has 0 saturated carbocycles. The smallest absolute Gasteiger partial charge is 0.260 e. The van der Waals surface area contributed by atoms with Gasteiger partial charge in [0.05, 0.1) is 13.3 Å². The number of oxime groups is 1. The molecule has 2 rings (SSSR count). The van der Waals surface area contributed by atoms with Gasteiger partial charge in [0.25, 0.3) is 5.91 Å². The van der Waals surface area contributed by atoms with Crippen LogP contribution in [-0.4, -0.2) is 32.4 Å². The second kappa shape index (κ2) is 10.2. The van der Waals surface area contributed by atoms with Gasteiger partial charge in [0.1, 0.15) is 5.75 Å². The summed E-state index contributed by atoms with van der Waals surface area (Å²) in [5.41, 5.74) is 3.27. The molecule has 0 aliphatic rings. The Morgan fingerprint density at radius 3 is 2.58 bits per heavy atom. The van der Waals surface area contributed by atoms with Crippen LogP contribution < -0.4 is 10.1 Å². The molecule has 2 aromatic rings. The SMILES string of the molecule is COc1ccccc1CCNC(=O)CO/N=C/c1ccc(C(C)C)cc1. The van der Waals surface area contributed by atoms with Gasteiger partial charge in [-0.2, -0.15) is 0 Å². The Bertz CT molecular complexity index is 724. The van der Waals surface area contributed by atoms with Gasteiger partial charge >= 0.3 is 0 Å². The van der Waals surface area contributed by atoms with Crippen LogP contribution in [0.5, 0.6) is 5.75 Å². The van der Waals surface area contributed by atoms with Crippen LogP contribution in [0.15, 0.2) is 53.7 Å². The number of nitrogens with one attached hydrogen (secondary N) is 1. The van der Waals surface area contributed by atoms with Gasteiger partial charge in [-0.25, -0.2) is 0 Å². The molecule has 1 N–H and O–H groups in total. The lowest BCUT2D eigenvalue weighted by molar-refractivity contribution is -0.125. The van der Waals surface area contributed by atoms with Gasteiger partial charge in [0.2, 0.25) is 0 Å². The highest BCUT2D eigenvalue weighted by molar-refractivity contribution is 5.79. The summed E-state index contributed by atoms with van der Waals surface area (Å²) < 4.78 is 5.29. The lowest BCUT2D eigenvalue weighted by Gasteiger charge is -2.08. The molecule has 0 aromatic heterocycles. The van der Waals surface area contributed by atoms with Crippen LogP contribution in [0.1, 0.15) is 36.5 Å². The van der Waals surface area contributed by atoms with Crippen LogP contribution in [0.25, 0.3) is 0 Å².